The number of Topliss-reactive ketones (excluding diaryl/α,β-unsaturated/α-hetero) is 1. The first kappa shape index (κ1) is 19.2. The predicted octanol–water partition coefficient (Wildman–Crippen LogP) is 3.01. The van der Waals surface area contributed by atoms with Gasteiger partial charge in [-0.1, -0.05) is 25.1 Å². The minimum absolute atomic E-state index is 0.153. The molecule has 0 radical (unpaired) electrons. The van der Waals surface area contributed by atoms with Crippen molar-refractivity contribution < 1.29 is 14.6 Å². The Kier molecular flexibility index (Phi) is 7.49. The Morgan fingerprint density at radius 2 is 2.04 bits per heavy atom. The van der Waals surface area contributed by atoms with Gasteiger partial charge in [-0.25, -0.2) is 0 Å². The Labute approximate surface area is 148 Å². The van der Waals surface area contributed by atoms with Gasteiger partial charge in [-0.2, -0.15) is 0 Å². The average molecular weight is 349 g/mol. The molecule has 1 saturated heterocycles. The largest absolute Gasteiger partial charge is 0.396 e. The molecule has 1 aliphatic rings. The Morgan fingerprint density at radius 1 is 1.38 bits per heavy atom. The summed E-state index contributed by atoms with van der Waals surface area (Å²) in [5.41, 5.74) is 0.198. The Hall–Kier alpha value is -1.14. The molecule has 1 heterocycles. The quantitative estimate of drug-likeness (QED) is 0.422. The number of ketones is 1. The number of carbonyl (C=O) groups is 1. The molecule has 5 heteroatoms. The smallest absolute Gasteiger partial charge is 0.183 e. The van der Waals surface area contributed by atoms with Crippen molar-refractivity contribution >= 4 is 17.5 Å². The number of carbonyl (C=O) groups excluding carboxylic acids is 1. The second-order valence-corrected chi connectivity index (χ2v) is 7.07. The second-order valence-electron chi connectivity index (χ2n) is 5.90. The van der Waals surface area contributed by atoms with Gasteiger partial charge in [0.1, 0.15) is 0 Å². The van der Waals surface area contributed by atoms with Crippen molar-refractivity contribution in [3.8, 4) is 0 Å². The van der Waals surface area contributed by atoms with Gasteiger partial charge in [0, 0.05) is 29.3 Å². The van der Waals surface area contributed by atoms with Crippen molar-refractivity contribution in [1.29, 1.82) is 0 Å². The predicted molar refractivity (Wildman–Crippen MR) is 98.8 cm³/mol. The molecule has 1 unspecified atom stereocenters. The van der Waals surface area contributed by atoms with Crippen molar-refractivity contribution in [1.82, 2.24) is 4.90 Å². The minimum Gasteiger partial charge on any atom is -0.396 e. The zero-order valence-corrected chi connectivity index (χ0v) is 15.2. The topological polar surface area (TPSA) is 49.8 Å². The van der Waals surface area contributed by atoms with Crippen molar-refractivity contribution in [2.75, 3.05) is 38.7 Å². The molecule has 2 rings (SSSR count). The number of morpholine rings is 1. The molecule has 0 bridgehead atoms. The first-order valence-corrected chi connectivity index (χ1v) is 9.48. The van der Waals surface area contributed by atoms with Crippen LogP contribution in [-0.4, -0.2) is 60.0 Å². The maximum atomic E-state index is 13.3. The van der Waals surface area contributed by atoms with Crippen molar-refractivity contribution in [3.05, 3.63) is 42.5 Å². The van der Waals surface area contributed by atoms with Crippen LogP contribution < -0.4 is 0 Å². The van der Waals surface area contributed by atoms with Gasteiger partial charge < -0.3 is 9.84 Å². The molecule has 132 valence electrons. The highest BCUT2D eigenvalue weighted by molar-refractivity contribution is 7.99. The molecule has 1 atom stereocenters. The fraction of sp³-hybridized carbons (Fsp3) is 0.526. The summed E-state index contributed by atoms with van der Waals surface area (Å²) in [5.74, 6) is 0.821. The van der Waals surface area contributed by atoms with E-state index < -0.39 is 5.54 Å². The van der Waals surface area contributed by atoms with Crippen molar-refractivity contribution in [3.63, 3.8) is 0 Å². The number of hydrogen-bond acceptors (Lipinski definition) is 5. The molecular formula is C19H27NO3S. The summed E-state index contributed by atoms with van der Waals surface area (Å²) in [6.45, 7) is 8.99. The van der Waals surface area contributed by atoms with Gasteiger partial charge in [0.25, 0.3) is 0 Å². The molecule has 1 N–H and O–H groups in total. The van der Waals surface area contributed by atoms with E-state index in [0.717, 1.165) is 30.0 Å². The number of ether oxygens (including phenoxy) is 1. The second kappa shape index (κ2) is 9.37. The van der Waals surface area contributed by atoms with Crippen LogP contribution in [0.2, 0.25) is 0 Å². The summed E-state index contributed by atoms with van der Waals surface area (Å²) in [4.78, 5) is 16.7. The van der Waals surface area contributed by atoms with Gasteiger partial charge in [0.2, 0.25) is 0 Å². The number of thioether (sulfide) groups is 1. The zero-order valence-electron chi connectivity index (χ0n) is 14.4. The molecule has 4 nitrogen and oxygen atoms in total. The lowest BCUT2D eigenvalue weighted by atomic mass is 9.81. The van der Waals surface area contributed by atoms with E-state index in [-0.39, 0.29) is 12.4 Å². The first-order chi connectivity index (χ1) is 11.7. The zero-order chi connectivity index (χ0) is 17.4. The van der Waals surface area contributed by atoms with Crippen LogP contribution >= 0.6 is 11.8 Å². The molecule has 1 aromatic rings. The molecule has 1 aromatic carbocycles. The number of hydrogen-bond donors (Lipinski definition) is 1. The molecular weight excluding hydrogens is 322 g/mol. The standard InChI is InChI=1S/C19H27NO3S/c1-3-9-19(4-2,20-10-13-23-14-11-20)18(22)16-5-7-17(8-6-16)24-15-12-21/h3,5-8,21H,1,4,9-15H2,2H3. The monoisotopic (exact) mass is 349 g/mol. The van der Waals surface area contributed by atoms with Crippen LogP contribution in [0.4, 0.5) is 0 Å². The van der Waals surface area contributed by atoms with Gasteiger partial charge in [0.15, 0.2) is 5.78 Å². The van der Waals surface area contributed by atoms with E-state index in [2.05, 4.69) is 18.4 Å². The van der Waals surface area contributed by atoms with Gasteiger partial charge in [0.05, 0.1) is 25.4 Å². The van der Waals surface area contributed by atoms with Crippen LogP contribution in [-0.2, 0) is 4.74 Å². The molecule has 1 aliphatic heterocycles. The van der Waals surface area contributed by atoms with Crippen molar-refractivity contribution in [2.24, 2.45) is 0 Å². The van der Waals surface area contributed by atoms with E-state index in [9.17, 15) is 4.79 Å². The summed E-state index contributed by atoms with van der Waals surface area (Å²) >= 11 is 1.59. The highest BCUT2D eigenvalue weighted by atomic mass is 32.2. The van der Waals surface area contributed by atoms with Gasteiger partial charge in [-0.15, -0.1) is 18.3 Å². The van der Waals surface area contributed by atoms with E-state index >= 15 is 0 Å². The highest BCUT2D eigenvalue weighted by Gasteiger charge is 2.42. The van der Waals surface area contributed by atoms with Crippen LogP contribution in [0.3, 0.4) is 0 Å². The van der Waals surface area contributed by atoms with E-state index in [1.54, 1.807) is 11.8 Å². The lowest BCUT2D eigenvalue weighted by Crippen LogP contribution is -2.57. The third kappa shape index (κ3) is 4.28. The highest BCUT2D eigenvalue weighted by Crippen LogP contribution is 2.31. The molecule has 1 fully saturated rings. The molecule has 0 saturated carbocycles. The third-order valence-electron chi connectivity index (χ3n) is 4.58. The lowest BCUT2D eigenvalue weighted by molar-refractivity contribution is -0.0154. The maximum absolute atomic E-state index is 13.3. The summed E-state index contributed by atoms with van der Waals surface area (Å²) in [5, 5.41) is 8.91. The van der Waals surface area contributed by atoms with Gasteiger partial charge in [-0.3, -0.25) is 9.69 Å². The Balaban J connectivity index is 2.24. The summed E-state index contributed by atoms with van der Waals surface area (Å²) in [7, 11) is 0. The number of nitrogens with zero attached hydrogens (tertiary/aromatic N) is 1. The molecule has 24 heavy (non-hydrogen) atoms. The van der Waals surface area contributed by atoms with Crippen LogP contribution in [0, 0.1) is 0 Å². The fourth-order valence-electron chi connectivity index (χ4n) is 3.26. The first-order valence-electron chi connectivity index (χ1n) is 8.50. The molecule has 0 aliphatic carbocycles. The number of benzene rings is 1. The van der Waals surface area contributed by atoms with E-state index in [4.69, 9.17) is 9.84 Å². The van der Waals surface area contributed by atoms with E-state index in [1.807, 2.05) is 30.3 Å². The van der Waals surface area contributed by atoms with Gasteiger partial charge in [-0.05, 0) is 25.0 Å². The molecule has 0 spiro atoms. The molecule has 0 aromatic heterocycles. The summed E-state index contributed by atoms with van der Waals surface area (Å²) in [6, 6.07) is 7.72. The van der Waals surface area contributed by atoms with Crippen LogP contribution in [0.1, 0.15) is 30.1 Å². The summed E-state index contributed by atoms with van der Waals surface area (Å²) < 4.78 is 5.45. The molecule has 0 amide bonds. The third-order valence-corrected chi connectivity index (χ3v) is 5.57. The number of rotatable bonds is 9. The Morgan fingerprint density at radius 3 is 2.58 bits per heavy atom. The Bertz CT molecular complexity index is 540. The summed E-state index contributed by atoms with van der Waals surface area (Å²) in [6.07, 6.45) is 3.24. The van der Waals surface area contributed by atoms with E-state index in [1.165, 1.54) is 0 Å². The normalized spacial score (nSPS) is 18.1. The van der Waals surface area contributed by atoms with Crippen LogP contribution in [0.5, 0.6) is 0 Å². The number of aliphatic hydroxyl groups is 1. The maximum Gasteiger partial charge on any atom is 0.183 e. The van der Waals surface area contributed by atoms with Crippen molar-refractivity contribution in [2.45, 2.75) is 30.2 Å². The number of aliphatic hydroxyl groups excluding tert-OH is 1. The SMILES string of the molecule is C=CCC(CC)(C(=O)c1ccc(SCCO)cc1)N1CCOCC1. The van der Waals surface area contributed by atoms with Crippen LogP contribution in [0.15, 0.2) is 41.8 Å². The lowest BCUT2D eigenvalue weighted by Gasteiger charge is -2.43. The fourth-order valence-corrected chi connectivity index (χ4v) is 3.91. The van der Waals surface area contributed by atoms with Crippen LogP contribution in [0.25, 0.3) is 0 Å². The van der Waals surface area contributed by atoms with Gasteiger partial charge >= 0.3 is 0 Å². The minimum atomic E-state index is -0.536. The average Bonchev–Trinajstić information content (AvgIpc) is 2.65. The van der Waals surface area contributed by atoms with E-state index in [0.29, 0.717) is 25.4 Å².